The fourth-order valence-corrected chi connectivity index (χ4v) is 5.16. The Labute approximate surface area is 252 Å². The van der Waals surface area contributed by atoms with Crippen LogP contribution in [0.4, 0.5) is 4.39 Å². The minimum absolute atomic E-state index is 0.0291. The molecule has 1 aliphatic rings. The second kappa shape index (κ2) is 12.6. The molecule has 224 valence electrons. The van der Waals surface area contributed by atoms with Crippen LogP contribution in [0.3, 0.4) is 0 Å². The van der Waals surface area contributed by atoms with Gasteiger partial charge >= 0.3 is 0 Å². The Kier molecular flexibility index (Phi) is 8.29. The highest BCUT2D eigenvalue weighted by atomic mass is 19.1. The quantitative estimate of drug-likeness (QED) is 0.201. The van der Waals surface area contributed by atoms with Crippen molar-refractivity contribution in [3.8, 4) is 34.3 Å². The molecule has 0 spiro atoms. The summed E-state index contributed by atoms with van der Waals surface area (Å²) in [5.41, 5.74) is 1.36. The topological polar surface area (TPSA) is 115 Å². The van der Waals surface area contributed by atoms with Crippen LogP contribution in [-0.4, -0.2) is 53.0 Å². The summed E-state index contributed by atoms with van der Waals surface area (Å²) in [7, 11) is 3.11. The molecular weight excluding hydrogens is 567 g/mol. The van der Waals surface area contributed by atoms with E-state index in [1.807, 2.05) is 0 Å². The summed E-state index contributed by atoms with van der Waals surface area (Å²) >= 11 is 0. The highest BCUT2D eigenvalue weighted by Crippen LogP contribution is 2.36. The van der Waals surface area contributed by atoms with Crippen molar-refractivity contribution in [3.63, 3.8) is 0 Å². The number of rotatable bonds is 9. The molecule has 44 heavy (non-hydrogen) atoms. The normalized spacial score (nSPS) is 13.5. The van der Waals surface area contributed by atoms with Gasteiger partial charge < -0.3 is 18.9 Å². The van der Waals surface area contributed by atoms with Gasteiger partial charge in [0.15, 0.2) is 23.0 Å². The molecule has 2 aromatic carbocycles. The molecule has 0 unspecified atom stereocenters. The number of fused-ring (bicyclic) bond motifs is 1. The first-order valence-electron chi connectivity index (χ1n) is 14.1. The van der Waals surface area contributed by atoms with Crippen molar-refractivity contribution < 1.29 is 28.1 Å². The van der Waals surface area contributed by atoms with E-state index in [9.17, 15) is 14.0 Å². The molecular formula is C33H29FN4O6. The molecule has 3 aromatic heterocycles. The molecule has 11 heteroatoms. The van der Waals surface area contributed by atoms with Crippen LogP contribution < -0.4 is 19.6 Å². The van der Waals surface area contributed by atoms with Gasteiger partial charge in [0.1, 0.15) is 11.6 Å². The van der Waals surface area contributed by atoms with E-state index in [-0.39, 0.29) is 23.7 Å². The summed E-state index contributed by atoms with van der Waals surface area (Å²) in [6.45, 7) is 1.12. The largest absolute Gasteiger partial charge is 0.493 e. The molecule has 5 aromatic rings. The van der Waals surface area contributed by atoms with Crippen LogP contribution in [0.15, 0.2) is 78.0 Å². The molecule has 0 radical (unpaired) electrons. The van der Waals surface area contributed by atoms with Gasteiger partial charge in [0, 0.05) is 61.3 Å². The second-order valence-corrected chi connectivity index (χ2v) is 10.3. The fourth-order valence-electron chi connectivity index (χ4n) is 5.16. The lowest BCUT2D eigenvalue weighted by Gasteiger charge is -2.24. The van der Waals surface area contributed by atoms with Crippen LogP contribution in [0, 0.1) is 5.82 Å². The third-order valence-electron chi connectivity index (χ3n) is 7.50. The number of pyridine rings is 2. The monoisotopic (exact) mass is 596 g/mol. The van der Waals surface area contributed by atoms with Gasteiger partial charge in [0.05, 0.1) is 25.8 Å². The molecule has 4 heterocycles. The maximum Gasteiger partial charge on any atom is 0.219 e. The number of carbonyl (C=O) groups excluding carboxylic acids is 1. The molecule has 6 rings (SSSR count). The summed E-state index contributed by atoms with van der Waals surface area (Å²) in [6, 6.07) is 14.2. The maximum atomic E-state index is 13.6. The Balaban J connectivity index is 1.26. The summed E-state index contributed by atoms with van der Waals surface area (Å²) in [5.74, 6) is 1.04. The molecule has 1 fully saturated rings. The van der Waals surface area contributed by atoms with Crippen molar-refractivity contribution in [1.82, 2.24) is 19.7 Å². The van der Waals surface area contributed by atoms with Crippen molar-refractivity contribution in [2.24, 2.45) is 0 Å². The predicted octanol–water partition coefficient (Wildman–Crippen LogP) is 5.58. The Morgan fingerprint density at radius 3 is 2.43 bits per heavy atom. The zero-order chi connectivity index (χ0) is 30.6. The van der Waals surface area contributed by atoms with Gasteiger partial charge in [-0.15, -0.1) is 0 Å². The van der Waals surface area contributed by atoms with Crippen molar-refractivity contribution in [2.75, 3.05) is 27.4 Å². The Bertz CT molecular complexity index is 1870. The van der Waals surface area contributed by atoms with Gasteiger partial charge in [-0.05, 0) is 48.2 Å². The summed E-state index contributed by atoms with van der Waals surface area (Å²) in [5, 5.41) is 5.19. The number of ether oxygens (including phenoxy) is 4. The smallest absolute Gasteiger partial charge is 0.219 e. The number of ketones is 1. The summed E-state index contributed by atoms with van der Waals surface area (Å²) in [4.78, 5) is 35.8. The first kappa shape index (κ1) is 28.9. The zero-order valence-corrected chi connectivity index (χ0v) is 24.2. The van der Waals surface area contributed by atoms with Crippen LogP contribution in [0.1, 0.15) is 34.9 Å². The number of hydrogen-bond acceptors (Lipinski definition) is 9. The van der Waals surface area contributed by atoms with Gasteiger partial charge in [-0.3, -0.25) is 19.3 Å². The standard InChI is InChI=1S/C33H29FN4O6/c1-41-29-16-24-26(17-30(29)42-2)35-12-9-28(24)44-31-8-3-20(18-36-31)15-27(39)32-33(40)25(21-4-6-22(34)7-5-21)19-38(37-32)23-10-13-43-14-11-23/h3-9,12,16-19,23H,10-11,13-15H2,1-2H3. The number of benzene rings is 2. The van der Waals surface area contributed by atoms with Crippen molar-refractivity contribution >= 4 is 16.7 Å². The third-order valence-corrected chi connectivity index (χ3v) is 7.50. The molecule has 0 atom stereocenters. The number of methoxy groups -OCH3 is 2. The van der Waals surface area contributed by atoms with Crippen molar-refractivity contribution in [2.45, 2.75) is 25.3 Å². The van der Waals surface area contributed by atoms with E-state index in [0.29, 0.717) is 71.2 Å². The van der Waals surface area contributed by atoms with Gasteiger partial charge in [-0.25, -0.2) is 9.37 Å². The van der Waals surface area contributed by atoms with E-state index in [4.69, 9.17) is 18.9 Å². The van der Waals surface area contributed by atoms with Crippen LogP contribution in [0.2, 0.25) is 0 Å². The van der Waals surface area contributed by atoms with Crippen LogP contribution >= 0.6 is 0 Å². The minimum atomic E-state index is -0.505. The number of hydrogen-bond donors (Lipinski definition) is 0. The van der Waals surface area contributed by atoms with Crippen LogP contribution in [0.25, 0.3) is 22.0 Å². The van der Waals surface area contributed by atoms with Gasteiger partial charge in [-0.1, -0.05) is 18.2 Å². The van der Waals surface area contributed by atoms with E-state index < -0.39 is 17.0 Å². The maximum absolute atomic E-state index is 13.6. The number of carbonyl (C=O) groups is 1. The van der Waals surface area contributed by atoms with E-state index >= 15 is 0 Å². The van der Waals surface area contributed by atoms with E-state index in [1.54, 1.807) is 61.6 Å². The van der Waals surface area contributed by atoms with Gasteiger partial charge in [0.25, 0.3) is 0 Å². The fraction of sp³-hybridized carbons (Fsp3) is 0.242. The van der Waals surface area contributed by atoms with Crippen molar-refractivity contribution in [3.05, 3.63) is 100 Å². The number of Topliss-reactive ketones (excluding diaryl/α,β-unsaturated/α-hetero) is 1. The number of halogens is 1. The second-order valence-electron chi connectivity index (χ2n) is 10.3. The van der Waals surface area contributed by atoms with E-state index in [1.165, 1.54) is 30.5 Å². The molecule has 0 amide bonds. The lowest BCUT2D eigenvalue weighted by atomic mass is 10.0. The molecule has 10 nitrogen and oxygen atoms in total. The van der Waals surface area contributed by atoms with Crippen LogP contribution in [0.5, 0.6) is 23.1 Å². The minimum Gasteiger partial charge on any atom is -0.493 e. The third kappa shape index (κ3) is 6.00. The Morgan fingerprint density at radius 1 is 0.977 bits per heavy atom. The predicted molar refractivity (Wildman–Crippen MR) is 160 cm³/mol. The zero-order valence-electron chi connectivity index (χ0n) is 24.2. The summed E-state index contributed by atoms with van der Waals surface area (Å²) < 4.78 is 37.6. The Morgan fingerprint density at radius 2 is 1.73 bits per heavy atom. The first-order chi connectivity index (χ1) is 21.4. The summed E-state index contributed by atoms with van der Waals surface area (Å²) in [6.07, 6.45) is 6.10. The molecule has 0 saturated carbocycles. The Hall–Kier alpha value is -5.16. The molecule has 0 aliphatic carbocycles. The van der Waals surface area contributed by atoms with E-state index in [0.717, 1.165) is 0 Å². The lowest BCUT2D eigenvalue weighted by molar-refractivity contribution is 0.0655. The van der Waals surface area contributed by atoms with Crippen LogP contribution in [-0.2, 0) is 11.2 Å². The van der Waals surface area contributed by atoms with Crippen molar-refractivity contribution in [1.29, 1.82) is 0 Å². The molecule has 1 saturated heterocycles. The number of nitrogens with zero attached hydrogens (tertiary/aromatic N) is 4. The first-order valence-corrected chi connectivity index (χ1v) is 14.1. The highest BCUT2D eigenvalue weighted by molar-refractivity contribution is 5.96. The lowest BCUT2D eigenvalue weighted by Crippen LogP contribution is -2.29. The van der Waals surface area contributed by atoms with E-state index in [2.05, 4.69) is 15.1 Å². The average Bonchev–Trinajstić information content (AvgIpc) is 3.06. The SMILES string of the molecule is COc1cc2nccc(Oc3ccc(CC(=O)c4nn(C5CCOCC5)cc(-c5ccc(F)cc5)c4=O)cn3)c2cc1OC. The molecule has 0 bridgehead atoms. The molecule has 1 aliphatic heterocycles. The van der Waals surface area contributed by atoms with Gasteiger partial charge in [0.2, 0.25) is 11.3 Å². The highest BCUT2D eigenvalue weighted by Gasteiger charge is 2.23. The average molecular weight is 597 g/mol. The van der Waals surface area contributed by atoms with Gasteiger partial charge in [-0.2, -0.15) is 5.10 Å². The molecule has 0 N–H and O–H groups in total. The number of aromatic nitrogens is 4.